The fraction of sp³-hybridized carbons (Fsp3) is 0.375. The van der Waals surface area contributed by atoms with Gasteiger partial charge in [-0.05, 0) is 47.6 Å². The second-order valence-electron chi connectivity index (χ2n) is 10.4. The van der Waals surface area contributed by atoms with E-state index in [1.54, 1.807) is 12.1 Å². The van der Waals surface area contributed by atoms with E-state index >= 15 is 0 Å². The molecule has 8 heteroatoms. The minimum absolute atomic E-state index is 0.0456. The van der Waals surface area contributed by atoms with Crippen molar-refractivity contribution in [1.29, 1.82) is 0 Å². The Bertz CT molecular complexity index is 1390. The van der Waals surface area contributed by atoms with E-state index < -0.39 is 28.5 Å². The third-order valence-electron chi connectivity index (χ3n) is 6.93. The molecule has 0 saturated heterocycles. The predicted octanol–water partition coefficient (Wildman–Crippen LogP) is 5.05. The van der Waals surface area contributed by atoms with Crippen molar-refractivity contribution in [3.63, 3.8) is 0 Å². The summed E-state index contributed by atoms with van der Waals surface area (Å²) in [5.74, 6) is -0.662. The van der Waals surface area contributed by atoms with Gasteiger partial charge in [-0.25, -0.2) is 8.42 Å². The van der Waals surface area contributed by atoms with Crippen LogP contribution in [0, 0.1) is 6.92 Å². The lowest BCUT2D eigenvalue weighted by Crippen LogP contribution is -2.53. The number of para-hydroxylation sites is 1. The smallest absolute Gasteiger partial charge is 0.244 e. The van der Waals surface area contributed by atoms with Gasteiger partial charge in [0.25, 0.3) is 0 Å². The molecule has 2 amide bonds. The summed E-state index contributed by atoms with van der Waals surface area (Å²) in [6, 6.07) is 23.7. The minimum atomic E-state index is -3.82. The molecule has 0 aliphatic rings. The van der Waals surface area contributed by atoms with Crippen molar-refractivity contribution in [1.82, 2.24) is 10.2 Å². The second-order valence-corrected chi connectivity index (χ2v) is 12.3. The van der Waals surface area contributed by atoms with Gasteiger partial charge in [-0.2, -0.15) is 0 Å². The van der Waals surface area contributed by atoms with Crippen molar-refractivity contribution in [3.8, 4) is 0 Å². The van der Waals surface area contributed by atoms with Gasteiger partial charge in [-0.1, -0.05) is 93.6 Å². The molecule has 214 valence electrons. The van der Waals surface area contributed by atoms with Crippen LogP contribution in [0.25, 0.3) is 0 Å². The van der Waals surface area contributed by atoms with Crippen LogP contribution in [0.5, 0.6) is 0 Å². The summed E-state index contributed by atoms with van der Waals surface area (Å²) in [4.78, 5) is 29.3. The van der Waals surface area contributed by atoms with Crippen LogP contribution in [0.4, 0.5) is 5.69 Å². The number of carbonyl (C=O) groups is 2. The Morgan fingerprint density at radius 3 is 2.15 bits per heavy atom. The summed E-state index contributed by atoms with van der Waals surface area (Å²) in [5.41, 5.74) is 4.09. The van der Waals surface area contributed by atoms with Crippen molar-refractivity contribution in [2.24, 2.45) is 0 Å². The van der Waals surface area contributed by atoms with Crippen molar-refractivity contribution >= 4 is 27.5 Å². The molecule has 0 saturated carbocycles. The fourth-order valence-corrected chi connectivity index (χ4v) is 5.56. The maximum absolute atomic E-state index is 14.2. The lowest BCUT2D eigenvalue weighted by Gasteiger charge is -2.34. The van der Waals surface area contributed by atoms with Crippen molar-refractivity contribution in [2.75, 3.05) is 23.7 Å². The van der Waals surface area contributed by atoms with Gasteiger partial charge in [0, 0.05) is 19.5 Å². The molecule has 0 bridgehead atoms. The highest BCUT2D eigenvalue weighted by molar-refractivity contribution is 7.92. The molecule has 0 fully saturated rings. The Hall–Kier alpha value is -3.65. The van der Waals surface area contributed by atoms with Crippen LogP contribution in [0.3, 0.4) is 0 Å². The number of hydrogen-bond donors (Lipinski definition) is 1. The van der Waals surface area contributed by atoms with Crippen LogP contribution in [0.15, 0.2) is 78.9 Å². The molecule has 0 aliphatic carbocycles. The third-order valence-corrected chi connectivity index (χ3v) is 8.06. The lowest BCUT2D eigenvalue weighted by molar-refractivity contribution is -0.140. The number of rotatable bonds is 13. The average Bonchev–Trinajstić information content (AvgIpc) is 2.93. The molecular weight excluding hydrogens is 522 g/mol. The number of anilines is 1. The topological polar surface area (TPSA) is 86.8 Å². The summed E-state index contributed by atoms with van der Waals surface area (Å²) in [6.07, 6.45) is 2.16. The highest BCUT2D eigenvalue weighted by Gasteiger charge is 2.33. The molecule has 0 aliphatic heterocycles. The first-order valence-electron chi connectivity index (χ1n) is 13.7. The number of amides is 2. The maximum atomic E-state index is 14.2. The van der Waals surface area contributed by atoms with Crippen molar-refractivity contribution in [2.45, 2.75) is 59.0 Å². The van der Waals surface area contributed by atoms with Gasteiger partial charge >= 0.3 is 0 Å². The first kappa shape index (κ1) is 30.9. The monoisotopic (exact) mass is 563 g/mol. The molecule has 40 heavy (non-hydrogen) atoms. The van der Waals surface area contributed by atoms with E-state index in [-0.39, 0.29) is 18.4 Å². The number of hydrogen-bond acceptors (Lipinski definition) is 4. The Morgan fingerprint density at radius 1 is 0.900 bits per heavy atom. The molecule has 3 aromatic rings. The quantitative estimate of drug-likeness (QED) is 0.315. The number of nitrogens with one attached hydrogen (secondary N) is 1. The first-order valence-corrected chi connectivity index (χ1v) is 15.6. The minimum Gasteiger partial charge on any atom is -0.354 e. The number of sulfonamides is 1. The van der Waals surface area contributed by atoms with E-state index in [9.17, 15) is 18.0 Å². The van der Waals surface area contributed by atoms with Gasteiger partial charge in [0.15, 0.2) is 0 Å². The van der Waals surface area contributed by atoms with Gasteiger partial charge in [0.05, 0.1) is 11.9 Å². The molecule has 0 radical (unpaired) electrons. The van der Waals surface area contributed by atoms with Gasteiger partial charge in [-0.15, -0.1) is 0 Å². The molecule has 1 atom stereocenters. The van der Waals surface area contributed by atoms with E-state index in [4.69, 9.17) is 0 Å². The number of nitrogens with zero attached hydrogens (tertiary/aromatic N) is 2. The second kappa shape index (κ2) is 14.1. The van der Waals surface area contributed by atoms with Crippen LogP contribution in [-0.4, -0.2) is 50.5 Å². The van der Waals surface area contributed by atoms with E-state index in [0.29, 0.717) is 18.7 Å². The molecule has 7 nitrogen and oxygen atoms in total. The molecule has 1 N–H and O–H groups in total. The van der Waals surface area contributed by atoms with Gasteiger partial charge in [-0.3, -0.25) is 13.9 Å². The van der Waals surface area contributed by atoms with Crippen LogP contribution in [0.2, 0.25) is 0 Å². The van der Waals surface area contributed by atoms with Gasteiger partial charge in [0.1, 0.15) is 12.6 Å². The molecule has 0 aromatic heterocycles. The zero-order chi connectivity index (χ0) is 29.3. The molecular formula is C32H41N3O4S. The van der Waals surface area contributed by atoms with Crippen molar-refractivity contribution < 1.29 is 18.0 Å². The zero-order valence-electron chi connectivity index (χ0n) is 24.1. The summed E-state index contributed by atoms with van der Waals surface area (Å²) in [6.45, 7) is 8.14. The number of carbonyl (C=O) groups excluding carboxylic acids is 2. The number of benzene rings is 3. The summed E-state index contributed by atoms with van der Waals surface area (Å²) in [7, 11) is -3.82. The van der Waals surface area contributed by atoms with Crippen LogP contribution in [0.1, 0.15) is 55.4 Å². The van der Waals surface area contributed by atoms with Crippen LogP contribution >= 0.6 is 0 Å². The molecule has 0 heterocycles. The van der Waals surface area contributed by atoms with E-state index in [1.807, 2.05) is 94.4 Å². The fourth-order valence-electron chi connectivity index (χ4n) is 4.69. The SMILES string of the molecule is CCCNC(=O)[C@H](Cc1ccccc1)N(Cc1ccccc1C)C(=O)CN(c1ccccc1C(C)C)S(C)(=O)=O. The Balaban J connectivity index is 2.09. The van der Waals surface area contributed by atoms with Crippen LogP contribution < -0.4 is 9.62 Å². The lowest BCUT2D eigenvalue weighted by atomic mass is 10.0. The summed E-state index contributed by atoms with van der Waals surface area (Å²) in [5, 5.41) is 2.96. The maximum Gasteiger partial charge on any atom is 0.244 e. The Labute approximate surface area is 239 Å². The van der Waals surface area contributed by atoms with Gasteiger partial charge < -0.3 is 10.2 Å². The molecule has 3 aromatic carbocycles. The standard InChI is InChI=1S/C32H41N3O4S/c1-6-20-33-32(37)30(21-26-15-8-7-9-16-26)34(22-27-17-11-10-14-25(27)4)31(36)23-35(40(5,38)39)29-19-13-12-18-28(29)24(2)3/h7-19,24,30H,6,20-23H2,1-5H3,(H,33,37)/t30-/m0/s1. The van der Waals surface area contributed by atoms with Crippen LogP contribution in [-0.2, 0) is 32.6 Å². The molecule has 0 unspecified atom stereocenters. The summed E-state index contributed by atoms with van der Waals surface area (Å²) >= 11 is 0. The first-order chi connectivity index (χ1) is 19.0. The normalized spacial score (nSPS) is 12.2. The van der Waals surface area contributed by atoms with E-state index in [1.165, 1.54) is 9.21 Å². The van der Waals surface area contributed by atoms with Gasteiger partial charge in [0.2, 0.25) is 21.8 Å². The zero-order valence-corrected chi connectivity index (χ0v) is 24.9. The number of aryl methyl sites for hydroxylation is 1. The van der Waals surface area contributed by atoms with E-state index in [2.05, 4.69) is 5.32 Å². The molecule has 3 rings (SSSR count). The predicted molar refractivity (Wildman–Crippen MR) is 162 cm³/mol. The highest BCUT2D eigenvalue weighted by atomic mass is 32.2. The average molecular weight is 564 g/mol. The molecule has 0 spiro atoms. The Morgan fingerprint density at radius 2 is 1.52 bits per heavy atom. The van der Waals surface area contributed by atoms with E-state index in [0.717, 1.165) is 34.9 Å². The van der Waals surface area contributed by atoms with Crippen molar-refractivity contribution in [3.05, 3.63) is 101 Å². The highest BCUT2D eigenvalue weighted by Crippen LogP contribution is 2.29. The largest absolute Gasteiger partial charge is 0.354 e. The Kier molecular flexibility index (Phi) is 10.9. The summed E-state index contributed by atoms with van der Waals surface area (Å²) < 4.78 is 27.3. The third kappa shape index (κ3) is 8.18.